The summed E-state index contributed by atoms with van der Waals surface area (Å²) < 4.78 is 0. The van der Waals surface area contributed by atoms with Gasteiger partial charge in [-0.3, -0.25) is 0 Å². The van der Waals surface area contributed by atoms with Crippen molar-refractivity contribution in [2.75, 3.05) is 0 Å². The van der Waals surface area contributed by atoms with Gasteiger partial charge in [0.15, 0.2) is 0 Å². The fourth-order valence-corrected chi connectivity index (χ4v) is 2.91. The van der Waals surface area contributed by atoms with Gasteiger partial charge in [-0.25, -0.2) is 4.79 Å². The number of benzene rings is 1. The Hall–Kier alpha value is -1.26. The van der Waals surface area contributed by atoms with Gasteiger partial charge >= 0.3 is 5.97 Å². The van der Waals surface area contributed by atoms with Crippen LogP contribution in [0, 0.1) is 0 Å². The van der Waals surface area contributed by atoms with E-state index in [1.54, 1.807) is 35.2 Å². The predicted molar refractivity (Wildman–Crippen MR) is 67.3 cm³/mol. The molecule has 0 atom stereocenters. The molecular formula is C12H10O2S2. The second kappa shape index (κ2) is 5.18. The van der Waals surface area contributed by atoms with Crippen LogP contribution in [-0.2, 0) is 5.75 Å². The summed E-state index contributed by atoms with van der Waals surface area (Å²) in [6, 6.07) is 11.1. The van der Waals surface area contributed by atoms with Crippen molar-refractivity contribution in [1.29, 1.82) is 0 Å². The topological polar surface area (TPSA) is 37.3 Å². The Morgan fingerprint density at radius 1 is 1.25 bits per heavy atom. The second-order valence-electron chi connectivity index (χ2n) is 3.20. The van der Waals surface area contributed by atoms with E-state index in [1.807, 2.05) is 18.2 Å². The van der Waals surface area contributed by atoms with Gasteiger partial charge in [0.25, 0.3) is 0 Å². The minimum absolute atomic E-state index is 0.334. The normalized spacial score (nSPS) is 10.2. The lowest BCUT2D eigenvalue weighted by molar-refractivity contribution is 0.0697. The molecule has 1 N–H and O–H groups in total. The van der Waals surface area contributed by atoms with Crippen LogP contribution in [0.1, 0.15) is 15.2 Å². The molecule has 16 heavy (non-hydrogen) atoms. The van der Waals surface area contributed by atoms with Gasteiger partial charge in [0.05, 0.1) is 5.56 Å². The summed E-state index contributed by atoms with van der Waals surface area (Å²) >= 11 is 3.45. The number of thioether (sulfide) groups is 1. The minimum atomic E-state index is -0.880. The van der Waals surface area contributed by atoms with E-state index < -0.39 is 5.97 Å². The van der Waals surface area contributed by atoms with E-state index >= 15 is 0 Å². The van der Waals surface area contributed by atoms with Crippen molar-refractivity contribution in [3.63, 3.8) is 0 Å². The molecule has 0 unspecified atom stereocenters. The van der Waals surface area contributed by atoms with E-state index in [9.17, 15) is 4.79 Å². The maximum absolute atomic E-state index is 10.7. The monoisotopic (exact) mass is 250 g/mol. The van der Waals surface area contributed by atoms with Crippen LogP contribution < -0.4 is 0 Å². The van der Waals surface area contributed by atoms with Crippen LogP contribution in [-0.4, -0.2) is 11.1 Å². The fourth-order valence-electron chi connectivity index (χ4n) is 1.24. The molecule has 0 fully saturated rings. The molecule has 4 heteroatoms. The highest BCUT2D eigenvalue weighted by Gasteiger charge is 2.02. The number of hydrogen-bond donors (Lipinski definition) is 1. The van der Waals surface area contributed by atoms with Crippen molar-refractivity contribution >= 4 is 29.1 Å². The molecule has 1 aromatic carbocycles. The molecule has 0 radical (unpaired) electrons. The van der Waals surface area contributed by atoms with Crippen LogP contribution in [0.2, 0.25) is 0 Å². The molecule has 2 rings (SSSR count). The highest BCUT2D eigenvalue weighted by atomic mass is 32.2. The summed E-state index contributed by atoms with van der Waals surface area (Å²) in [5.74, 6) is 0.0548. The van der Waals surface area contributed by atoms with Crippen LogP contribution in [0.4, 0.5) is 0 Å². The molecule has 0 spiro atoms. The smallest absolute Gasteiger partial charge is 0.335 e. The van der Waals surface area contributed by atoms with E-state index in [1.165, 1.54) is 4.88 Å². The van der Waals surface area contributed by atoms with Crippen LogP contribution in [0.3, 0.4) is 0 Å². The molecular weight excluding hydrogens is 240 g/mol. The Kier molecular flexibility index (Phi) is 3.64. The summed E-state index contributed by atoms with van der Waals surface area (Å²) in [7, 11) is 0. The standard InChI is InChI=1S/C12H10O2S2/c13-12(14)9-3-5-10(6-4-9)16-8-11-2-1-7-15-11/h1-7H,8H2,(H,13,14). The summed E-state index contributed by atoms with van der Waals surface area (Å²) in [6.45, 7) is 0. The van der Waals surface area contributed by atoms with Gasteiger partial charge in [-0.05, 0) is 35.7 Å². The highest BCUT2D eigenvalue weighted by molar-refractivity contribution is 7.98. The second-order valence-corrected chi connectivity index (χ2v) is 5.28. The third-order valence-electron chi connectivity index (χ3n) is 2.06. The number of carbonyl (C=O) groups is 1. The summed E-state index contributed by atoms with van der Waals surface area (Å²) in [5.41, 5.74) is 0.334. The molecule has 0 bridgehead atoms. The van der Waals surface area contributed by atoms with Crippen molar-refractivity contribution in [3.05, 3.63) is 52.2 Å². The molecule has 0 aliphatic carbocycles. The van der Waals surface area contributed by atoms with Crippen molar-refractivity contribution in [2.24, 2.45) is 0 Å². The van der Waals surface area contributed by atoms with Gasteiger partial charge in [-0.2, -0.15) is 0 Å². The van der Waals surface area contributed by atoms with Gasteiger partial charge in [-0.15, -0.1) is 23.1 Å². The molecule has 82 valence electrons. The lowest BCUT2D eigenvalue weighted by Gasteiger charge is -2.00. The van der Waals surface area contributed by atoms with Crippen LogP contribution in [0.25, 0.3) is 0 Å². The number of carboxylic acid groups (broad SMARTS) is 1. The Labute approximate surface area is 102 Å². The largest absolute Gasteiger partial charge is 0.478 e. The highest BCUT2D eigenvalue weighted by Crippen LogP contribution is 2.25. The molecule has 0 aliphatic heterocycles. The molecule has 0 saturated heterocycles. The van der Waals surface area contributed by atoms with Crippen molar-refractivity contribution < 1.29 is 9.90 Å². The van der Waals surface area contributed by atoms with E-state index in [0.29, 0.717) is 5.56 Å². The number of hydrogen-bond acceptors (Lipinski definition) is 3. The molecule has 0 aliphatic rings. The zero-order chi connectivity index (χ0) is 11.4. The first-order chi connectivity index (χ1) is 7.75. The zero-order valence-electron chi connectivity index (χ0n) is 8.42. The molecule has 2 nitrogen and oxygen atoms in total. The van der Waals surface area contributed by atoms with Gasteiger partial charge in [-0.1, -0.05) is 6.07 Å². The van der Waals surface area contributed by atoms with Gasteiger partial charge in [0, 0.05) is 15.5 Å². The van der Waals surface area contributed by atoms with Crippen molar-refractivity contribution in [2.45, 2.75) is 10.6 Å². The molecule has 1 heterocycles. The lowest BCUT2D eigenvalue weighted by Crippen LogP contribution is -1.94. The first kappa shape index (κ1) is 11.2. The van der Waals surface area contributed by atoms with Gasteiger partial charge in [0.2, 0.25) is 0 Å². The number of carboxylic acids is 1. The van der Waals surface area contributed by atoms with E-state index in [2.05, 4.69) is 11.4 Å². The maximum Gasteiger partial charge on any atom is 0.335 e. The number of thiophene rings is 1. The first-order valence-corrected chi connectivity index (χ1v) is 6.61. The Balaban J connectivity index is 1.98. The summed E-state index contributed by atoms with van der Waals surface area (Å²) in [6.07, 6.45) is 0. The number of aromatic carboxylic acids is 1. The predicted octanol–water partition coefficient (Wildman–Crippen LogP) is 3.74. The zero-order valence-corrected chi connectivity index (χ0v) is 10.1. The van der Waals surface area contributed by atoms with E-state index in [4.69, 9.17) is 5.11 Å². The Bertz CT molecular complexity index is 460. The average Bonchev–Trinajstić information content (AvgIpc) is 2.80. The van der Waals surface area contributed by atoms with Gasteiger partial charge < -0.3 is 5.11 Å². The first-order valence-electron chi connectivity index (χ1n) is 4.74. The van der Waals surface area contributed by atoms with Crippen LogP contribution >= 0.6 is 23.1 Å². The molecule has 0 amide bonds. The summed E-state index contributed by atoms with van der Waals surface area (Å²) in [4.78, 5) is 13.1. The Morgan fingerprint density at radius 2 is 2.00 bits per heavy atom. The molecule has 0 saturated carbocycles. The van der Waals surface area contributed by atoms with E-state index in [0.717, 1.165) is 10.6 Å². The third kappa shape index (κ3) is 2.87. The Morgan fingerprint density at radius 3 is 2.56 bits per heavy atom. The fraction of sp³-hybridized carbons (Fsp3) is 0.0833. The SMILES string of the molecule is O=C(O)c1ccc(SCc2cccs2)cc1. The van der Waals surface area contributed by atoms with E-state index in [-0.39, 0.29) is 0 Å². The van der Waals surface area contributed by atoms with Crippen LogP contribution in [0.15, 0.2) is 46.7 Å². The molecule has 1 aromatic heterocycles. The third-order valence-corrected chi connectivity index (χ3v) is 4.18. The van der Waals surface area contributed by atoms with Crippen LogP contribution in [0.5, 0.6) is 0 Å². The maximum atomic E-state index is 10.7. The quantitative estimate of drug-likeness (QED) is 0.840. The number of rotatable bonds is 4. The lowest BCUT2D eigenvalue weighted by atomic mass is 10.2. The summed E-state index contributed by atoms with van der Waals surface area (Å²) in [5, 5.41) is 10.8. The van der Waals surface area contributed by atoms with Crippen molar-refractivity contribution in [1.82, 2.24) is 0 Å². The molecule has 2 aromatic rings. The minimum Gasteiger partial charge on any atom is -0.478 e. The van der Waals surface area contributed by atoms with Crippen molar-refractivity contribution in [3.8, 4) is 0 Å². The van der Waals surface area contributed by atoms with Gasteiger partial charge in [0.1, 0.15) is 0 Å². The average molecular weight is 250 g/mol.